The Morgan fingerprint density at radius 3 is 2.67 bits per heavy atom. The van der Waals surface area contributed by atoms with E-state index in [9.17, 15) is 9.59 Å². The van der Waals surface area contributed by atoms with Crippen LogP contribution < -0.4 is 10.6 Å². The second-order valence-electron chi connectivity index (χ2n) is 5.40. The van der Waals surface area contributed by atoms with Crippen molar-refractivity contribution in [1.29, 1.82) is 0 Å². The van der Waals surface area contributed by atoms with Crippen LogP contribution in [0, 0.1) is 0 Å². The Kier molecular flexibility index (Phi) is 6.49. The third-order valence-corrected chi connectivity index (χ3v) is 5.53. The molecular weight excluding hydrogens is 402 g/mol. The predicted octanol–water partition coefficient (Wildman–Crippen LogP) is 5.41. The molecule has 0 fully saturated rings. The monoisotopic (exact) mass is 417 g/mol. The lowest BCUT2D eigenvalue weighted by Crippen LogP contribution is -2.14. The molecule has 2 N–H and O–H groups in total. The number of hydrogen-bond donors (Lipinski definition) is 2. The normalized spacial score (nSPS) is 10.4. The summed E-state index contributed by atoms with van der Waals surface area (Å²) < 4.78 is 0. The number of carbonyl (C=O) groups is 2. The van der Waals surface area contributed by atoms with Crippen molar-refractivity contribution in [3.05, 3.63) is 69.5 Å². The van der Waals surface area contributed by atoms with Crippen LogP contribution in [-0.4, -0.2) is 22.6 Å². The van der Waals surface area contributed by atoms with Gasteiger partial charge in [0.1, 0.15) is 0 Å². The fraction of sp³-hybridized carbons (Fsp3) is 0.105. The first-order chi connectivity index (χ1) is 13.1. The minimum Gasteiger partial charge on any atom is -0.321 e. The number of carbonyl (C=O) groups excluding carboxylic acids is 2. The van der Waals surface area contributed by atoms with Gasteiger partial charge in [-0.3, -0.25) is 9.59 Å². The van der Waals surface area contributed by atoms with Gasteiger partial charge in [0.05, 0.1) is 32.5 Å². The van der Waals surface area contributed by atoms with Gasteiger partial charge in [-0.1, -0.05) is 24.6 Å². The minimum atomic E-state index is -0.309. The van der Waals surface area contributed by atoms with E-state index < -0.39 is 0 Å². The minimum absolute atomic E-state index is 0.266. The number of thioether (sulfide) groups is 1. The number of halogens is 1. The van der Waals surface area contributed by atoms with Gasteiger partial charge in [-0.15, -0.1) is 23.1 Å². The zero-order valence-electron chi connectivity index (χ0n) is 14.4. The van der Waals surface area contributed by atoms with Crippen LogP contribution in [0.1, 0.15) is 27.0 Å². The molecule has 0 spiro atoms. The first-order valence-corrected chi connectivity index (χ1v) is 10.4. The molecule has 0 aliphatic carbocycles. The van der Waals surface area contributed by atoms with Crippen LogP contribution in [0.3, 0.4) is 0 Å². The Hall–Kier alpha value is -2.35. The van der Waals surface area contributed by atoms with Crippen molar-refractivity contribution < 1.29 is 9.59 Å². The van der Waals surface area contributed by atoms with Crippen molar-refractivity contribution >= 4 is 57.9 Å². The number of aromatic nitrogens is 1. The van der Waals surface area contributed by atoms with Gasteiger partial charge < -0.3 is 10.6 Å². The van der Waals surface area contributed by atoms with E-state index >= 15 is 0 Å². The molecule has 1 aromatic carbocycles. The largest absolute Gasteiger partial charge is 0.321 e. The molecule has 138 valence electrons. The van der Waals surface area contributed by atoms with Gasteiger partial charge in [-0.2, -0.15) is 0 Å². The highest BCUT2D eigenvalue weighted by atomic mass is 35.5. The smallest absolute Gasteiger partial charge is 0.265 e. The van der Waals surface area contributed by atoms with Gasteiger partial charge in [0.2, 0.25) is 0 Å². The van der Waals surface area contributed by atoms with E-state index in [1.54, 1.807) is 54.4 Å². The Labute approximate surface area is 170 Å². The number of benzene rings is 1. The quantitative estimate of drug-likeness (QED) is 0.526. The van der Waals surface area contributed by atoms with Crippen LogP contribution in [0.25, 0.3) is 0 Å². The number of rotatable bonds is 6. The van der Waals surface area contributed by atoms with Crippen LogP contribution in [0.2, 0.25) is 5.02 Å². The number of anilines is 2. The summed E-state index contributed by atoms with van der Waals surface area (Å²) in [7, 11) is 0. The van der Waals surface area contributed by atoms with Crippen molar-refractivity contribution in [3.8, 4) is 0 Å². The summed E-state index contributed by atoms with van der Waals surface area (Å²) in [6.45, 7) is 2.05. The fourth-order valence-electron chi connectivity index (χ4n) is 2.24. The van der Waals surface area contributed by atoms with E-state index in [0.29, 0.717) is 26.8 Å². The lowest BCUT2D eigenvalue weighted by molar-refractivity contribution is 0.101. The fourth-order valence-corrected chi connectivity index (χ4v) is 3.62. The highest BCUT2D eigenvalue weighted by Crippen LogP contribution is 2.25. The molecule has 27 heavy (non-hydrogen) atoms. The van der Waals surface area contributed by atoms with Crippen molar-refractivity contribution in [1.82, 2.24) is 4.98 Å². The Morgan fingerprint density at radius 2 is 2.00 bits per heavy atom. The zero-order chi connectivity index (χ0) is 19.2. The standard InChI is InChI=1S/C19H16ClN3O2S2/c1-2-26-17-8-6-13(11-21-17)22-18(24)12-5-7-14(20)15(10-12)23-19(25)16-4-3-9-27-16/h3-11H,2H2,1H3,(H,22,24)(H,23,25). The molecular formula is C19H16ClN3O2S2. The summed E-state index contributed by atoms with van der Waals surface area (Å²) in [5.74, 6) is 0.359. The third-order valence-electron chi connectivity index (χ3n) is 3.51. The van der Waals surface area contributed by atoms with Gasteiger partial charge in [0, 0.05) is 5.56 Å². The van der Waals surface area contributed by atoms with Crippen LogP contribution >= 0.6 is 34.7 Å². The molecule has 3 rings (SSSR count). The van der Waals surface area contributed by atoms with Crippen molar-refractivity contribution in [2.24, 2.45) is 0 Å². The first kappa shape index (κ1) is 19.4. The van der Waals surface area contributed by atoms with E-state index in [1.165, 1.54) is 11.3 Å². The highest BCUT2D eigenvalue weighted by Gasteiger charge is 2.13. The molecule has 0 saturated heterocycles. The molecule has 8 heteroatoms. The number of nitrogens with one attached hydrogen (secondary N) is 2. The summed E-state index contributed by atoms with van der Waals surface area (Å²) in [6, 6.07) is 11.9. The number of amides is 2. The Bertz CT molecular complexity index is 944. The van der Waals surface area contributed by atoms with Crippen molar-refractivity contribution in [2.75, 3.05) is 16.4 Å². The van der Waals surface area contributed by atoms with E-state index in [-0.39, 0.29) is 11.8 Å². The SMILES string of the molecule is CCSc1ccc(NC(=O)c2ccc(Cl)c(NC(=O)c3cccs3)c2)cn1. The predicted molar refractivity (Wildman–Crippen MR) is 112 cm³/mol. The first-order valence-electron chi connectivity index (χ1n) is 8.11. The van der Waals surface area contributed by atoms with E-state index in [2.05, 4.69) is 22.5 Å². The highest BCUT2D eigenvalue weighted by molar-refractivity contribution is 7.99. The number of thiophene rings is 1. The van der Waals surface area contributed by atoms with Gasteiger partial charge >= 0.3 is 0 Å². The molecule has 2 heterocycles. The summed E-state index contributed by atoms with van der Waals surface area (Å²) in [5.41, 5.74) is 1.36. The molecule has 0 unspecified atom stereocenters. The van der Waals surface area contributed by atoms with Gasteiger partial charge in [-0.05, 0) is 47.5 Å². The van der Waals surface area contributed by atoms with Gasteiger partial charge in [0.25, 0.3) is 11.8 Å². The average Bonchev–Trinajstić information content (AvgIpc) is 3.20. The van der Waals surface area contributed by atoms with Crippen molar-refractivity contribution in [2.45, 2.75) is 11.9 Å². The van der Waals surface area contributed by atoms with E-state index in [1.807, 2.05) is 11.4 Å². The lowest BCUT2D eigenvalue weighted by Gasteiger charge is -2.10. The topological polar surface area (TPSA) is 71.1 Å². The molecule has 2 amide bonds. The molecule has 2 aromatic heterocycles. The Morgan fingerprint density at radius 1 is 1.15 bits per heavy atom. The van der Waals surface area contributed by atoms with Crippen LogP contribution in [0.4, 0.5) is 11.4 Å². The summed E-state index contributed by atoms with van der Waals surface area (Å²) in [4.78, 5) is 29.6. The molecule has 0 radical (unpaired) electrons. The maximum Gasteiger partial charge on any atom is 0.265 e. The number of hydrogen-bond acceptors (Lipinski definition) is 5. The molecule has 0 aliphatic heterocycles. The zero-order valence-corrected chi connectivity index (χ0v) is 16.8. The van der Waals surface area contributed by atoms with Crippen LogP contribution in [0.5, 0.6) is 0 Å². The number of nitrogens with zero attached hydrogens (tertiary/aromatic N) is 1. The second kappa shape index (κ2) is 9.03. The number of pyridine rings is 1. The molecule has 3 aromatic rings. The van der Waals surface area contributed by atoms with Crippen LogP contribution in [-0.2, 0) is 0 Å². The summed E-state index contributed by atoms with van der Waals surface area (Å²) in [6.07, 6.45) is 1.62. The molecule has 0 bridgehead atoms. The summed E-state index contributed by atoms with van der Waals surface area (Å²) in [5, 5.41) is 8.61. The van der Waals surface area contributed by atoms with Crippen LogP contribution in [0.15, 0.2) is 59.1 Å². The van der Waals surface area contributed by atoms with Gasteiger partial charge in [0.15, 0.2) is 0 Å². The van der Waals surface area contributed by atoms with E-state index in [4.69, 9.17) is 11.6 Å². The lowest BCUT2D eigenvalue weighted by atomic mass is 10.1. The van der Waals surface area contributed by atoms with Crippen molar-refractivity contribution in [3.63, 3.8) is 0 Å². The Balaban J connectivity index is 1.72. The molecule has 5 nitrogen and oxygen atoms in total. The molecule has 0 saturated carbocycles. The summed E-state index contributed by atoms with van der Waals surface area (Å²) >= 11 is 9.12. The molecule has 0 aliphatic rings. The maximum atomic E-state index is 12.5. The van der Waals surface area contributed by atoms with Gasteiger partial charge in [-0.25, -0.2) is 4.98 Å². The maximum absolute atomic E-state index is 12.5. The third kappa shape index (κ3) is 5.09. The average molecular weight is 418 g/mol. The second-order valence-corrected chi connectivity index (χ2v) is 8.04. The van der Waals surface area contributed by atoms with E-state index in [0.717, 1.165) is 10.8 Å². The molecule has 0 atom stereocenters.